The summed E-state index contributed by atoms with van der Waals surface area (Å²) in [6, 6.07) is 8.47. The van der Waals surface area contributed by atoms with Crippen molar-refractivity contribution in [3.63, 3.8) is 0 Å². The number of nitrogens with one attached hydrogen (secondary N) is 2. The fraction of sp³-hybridized carbons (Fsp3) is 0.238. The molecule has 0 aliphatic carbocycles. The summed E-state index contributed by atoms with van der Waals surface area (Å²) in [7, 11) is 0. The second kappa shape index (κ2) is 7.83. The lowest BCUT2D eigenvalue weighted by Gasteiger charge is -2.17. The van der Waals surface area contributed by atoms with Crippen molar-refractivity contribution < 1.29 is 18.4 Å². The Morgan fingerprint density at radius 2 is 1.97 bits per heavy atom. The van der Waals surface area contributed by atoms with Crippen LogP contribution in [0.5, 0.6) is 0 Å². The molecule has 150 valence electrons. The molecular weight excluding hydrogens is 400 g/mol. The molecule has 1 atom stereocenters. The number of carbonyl (C=O) groups is 2. The van der Waals surface area contributed by atoms with Crippen LogP contribution in [0.1, 0.15) is 12.0 Å². The van der Waals surface area contributed by atoms with E-state index >= 15 is 0 Å². The minimum absolute atomic E-state index is 0.124. The van der Waals surface area contributed by atoms with Gasteiger partial charge in [-0.25, -0.2) is 8.78 Å². The van der Waals surface area contributed by atoms with Gasteiger partial charge in [0.2, 0.25) is 11.8 Å². The van der Waals surface area contributed by atoms with Gasteiger partial charge in [-0.2, -0.15) is 0 Å². The molecule has 0 saturated carbocycles. The van der Waals surface area contributed by atoms with Crippen molar-refractivity contribution in [2.75, 3.05) is 18.0 Å². The molecule has 1 fully saturated rings. The van der Waals surface area contributed by atoms with Crippen LogP contribution in [-0.4, -0.2) is 29.9 Å². The number of hydrogen-bond donors (Lipinski definition) is 2. The van der Waals surface area contributed by atoms with Crippen molar-refractivity contribution in [1.29, 1.82) is 0 Å². The van der Waals surface area contributed by atoms with E-state index in [4.69, 9.17) is 11.6 Å². The largest absolute Gasteiger partial charge is 0.361 e. The molecule has 0 bridgehead atoms. The maximum Gasteiger partial charge on any atom is 0.239 e. The highest BCUT2D eigenvalue weighted by Crippen LogP contribution is 2.27. The Balaban J connectivity index is 1.37. The third kappa shape index (κ3) is 3.96. The molecule has 0 radical (unpaired) electrons. The van der Waals surface area contributed by atoms with E-state index in [0.29, 0.717) is 24.4 Å². The number of aromatic amines is 1. The Hall–Kier alpha value is -2.93. The van der Waals surface area contributed by atoms with E-state index in [1.807, 2.05) is 18.3 Å². The van der Waals surface area contributed by atoms with Crippen molar-refractivity contribution in [2.24, 2.45) is 5.92 Å². The van der Waals surface area contributed by atoms with Crippen LogP contribution in [0.2, 0.25) is 5.02 Å². The summed E-state index contributed by atoms with van der Waals surface area (Å²) in [5.74, 6) is -3.23. The molecule has 2 heterocycles. The van der Waals surface area contributed by atoms with Crippen LogP contribution >= 0.6 is 11.6 Å². The van der Waals surface area contributed by atoms with Crippen LogP contribution in [0.4, 0.5) is 14.5 Å². The molecule has 1 unspecified atom stereocenters. The van der Waals surface area contributed by atoms with E-state index in [2.05, 4.69) is 10.3 Å². The Kier molecular flexibility index (Phi) is 5.24. The minimum atomic E-state index is -0.862. The molecule has 0 spiro atoms. The van der Waals surface area contributed by atoms with Gasteiger partial charge >= 0.3 is 0 Å². The maximum atomic E-state index is 13.4. The van der Waals surface area contributed by atoms with Crippen LogP contribution in [0, 0.1) is 17.6 Å². The molecule has 5 nitrogen and oxygen atoms in total. The normalized spacial score (nSPS) is 16.6. The second-order valence-electron chi connectivity index (χ2n) is 7.00. The monoisotopic (exact) mass is 417 g/mol. The standard InChI is InChI=1S/C21H18ClF2N3O2/c22-13-1-2-19-18(7-13)12(11-26-19)3-5-25-20(28)17-4-6-27(21(17)29)16-9-14(23)8-15(24)10-16/h1-2,7-11,17,26H,3-6H2,(H,25,28). The fourth-order valence-corrected chi connectivity index (χ4v) is 3.85. The topological polar surface area (TPSA) is 65.2 Å². The van der Waals surface area contributed by atoms with Gasteiger partial charge in [0, 0.05) is 47.0 Å². The summed E-state index contributed by atoms with van der Waals surface area (Å²) in [6.45, 7) is 0.595. The lowest BCUT2D eigenvalue weighted by Crippen LogP contribution is -2.37. The molecule has 29 heavy (non-hydrogen) atoms. The highest BCUT2D eigenvalue weighted by Gasteiger charge is 2.37. The number of fused-ring (bicyclic) bond motifs is 1. The highest BCUT2D eigenvalue weighted by molar-refractivity contribution is 6.31. The number of aromatic nitrogens is 1. The van der Waals surface area contributed by atoms with Gasteiger partial charge in [-0.1, -0.05) is 11.6 Å². The van der Waals surface area contributed by atoms with E-state index in [-0.39, 0.29) is 18.1 Å². The van der Waals surface area contributed by atoms with Crippen LogP contribution < -0.4 is 10.2 Å². The first-order chi connectivity index (χ1) is 13.9. The number of anilines is 1. The van der Waals surface area contributed by atoms with Crippen LogP contribution in [-0.2, 0) is 16.0 Å². The summed E-state index contributed by atoms with van der Waals surface area (Å²) >= 11 is 6.05. The predicted octanol–water partition coefficient (Wildman–Crippen LogP) is 3.81. The lowest BCUT2D eigenvalue weighted by molar-refractivity contribution is -0.132. The summed E-state index contributed by atoms with van der Waals surface area (Å²) in [6.07, 6.45) is 2.74. The zero-order valence-electron chi connectivity index (χ0n) is 15.3. The van der Waals surface area contributed by atoms with E-state index in [0.717, 1.165) is 34.7 Å². The number of carbonyl (C=O) groups excluding carboxylic acids is 2. The van der Waals surface area contributed by atoms with E-state index in [1.54, 1.807) is 6.07 Å². The van der Waals surface area contributed by atoms with Gasteiger partial charge in [0.15, 0.2) is 0 Å². The first kappa shape index (κ1) is 19.4. The molecule has 1 saturated heterocycles. The van der Waals surface area contributed by atoms with Crippen molar-refractivity contribution in [3.05, 3.63) is 64.8 Å². The van der Waals surface area contributed by atoms with E-state index in [1.165, 1.54) is 4.90 Å². The third-order valence-corrected chi connectivity index (χ3v) is 5.34. The average molecular weight is 418 g/mol. The van der Waals surface area contributed by atoms with Gasteiger partial charge in [-0.05, 0) is 48.7 Å². The van der Waals surface area contributed by atoms with Crippen molar-refractivity contribution in [3.8, 4) is 0 Å². The number of nitrogens with zero attached hydrogens (tertiary/aromatic N) is 1. The smallest absolute Gasteiger partial charge is 0.239 e. The minimum Gasteiger partial charge on any atom is -0.361 e. The lowest BCUT2D eigenvalue weighted by atomic mass is 10.1. The van der Waals surface area contributed by atoms with Gasteiger partial charge in [-0.3, -0.25) is 9.59 Å². The van der Waals surface area contributed by atoms with Crippen molar-refractivity contribution in [2.45, 2.75) is 12.8 Å². The van der Waals surface area contributed by atoms with Gasteiger partial charge in [0.1, 0.15) is 17.6 Å². The number of rotatable bonds is 5. The summed E-state index contributed by atoms with van der Waals surface area (Å²) < 4.78 is 26.9. The fourth-order valence-electron chi connectivity index (χ4n) is 3.68. The quantitative estimate of drug-likeness (QED) is 0.620. The molecule has 2 N–H and O–H groups in total. The van der Waals surface area contributed by atoms with Crippen LogP contribution in [0.3, 0.4) is 0 Å². The zero-order valence-corrected chi connectivity index (χ0v) is 16.1. The maximum absolute atomic E-state index is 13.4. The molecule has 2 amide bonds. The van der Waals surface area contributed by atoms with Crippen LogP contribution in [0.15, 0.2) is 42.6 Å². The molecule has 1 aliphatic heterocycles. The zero-order chi connectivity index (χ0) is 20.5. The summed E-state index contributed by atoms with van der Waals surface area (Å²) in [5, 5.41) is 4.41. The van der Waals surface area contributed by atoms with Gasteiger partial charge in [0.25, 0.3) is 0 Å². The van der Waals surface area contributed by atoms with Crippen molar-refractivity contribution >= 4 is 40.0 Å². The number of halogens is 3. The highest BCUT2D eigenvalue weighted by atomic mass is 35.5. The number of amides is 2. The number of hydrogen-bond acceptors (Lipinski definition) is 2. The number of H-pyrrole nitrogens is 1. The van der Waals surface area contributed by atoms with Crippen LogP contribution in [0.25, 0.3) is 10.9 Å². The molecule has 3 aromatic rings. The van der Waals surface area contributed by atoms with Gasteiger partial charge < -0.3 is 15.2 Å². The van der Waals surface area contributed by atoms with Crippen molar-refractivity contribution in [1.82, 2.24) is 10.3 Å². The Labute approximate surface area is 170 Å². The Morgan fingerprint density at radius 3 is 2.72 bits per heavy atom. The molecule has 8 heteroatoms. The molecule has 4 rings (SSSR count). The summed E-state index contributed by atoms with van der Waals surface area (Å²) in [4.78, 5) is 29.5. The summed E-state index contributed by atoms with van der Waals surface area (Å²) in [5.41, 5.74) is 2.09. The predicted molar refractivity (Wildman–Crippen MR) is 107 cm³/mol. The molecule has 2 aromatic carbocycles. The molecule has 1 aliphatic rings. The Morgan fingerprint density at radius 1 is 1.21 bits per heavy atom. The first-order valence-corrected chi connectivity index (χ1v) is 9.61. The van der Waals surface area contributed by atoms with E-state index < -0.39 is 23.5 Å². The first-order valence-electron chi connectivity index (χ1n) is 9.23. The second-order valence-corrected chi connectivity index (χ2v) is 7.44. The molecular formula is C21H18ClF2N3O2. The number of benzene rings is 2. The van der Waals surface area contributed by atoms with E-state index in [9.17, 15) is 18.4 Å². The SMILES string of the molecule is O=C(NCCc1c[nH]c2ccc(Cl)cc12)C1CCN(c2cc(F)cc(F)c2)C1=O. The van der Waals surface area contributed by atoms with Gasteiger partial charge in [0.05, 0.1) is 0 Å². The van der Waals surface area contributed by atoms with Gasteiger partial charge in [-0.15, -0.1) is 0 Å². The Bertz CT molecular complexity index is 1080. The molecule has 1 aromatic heterocycles. The third-order valence-electron chi connectivity index (χ3n) is 5.10. The average Bonchev–Trinajstić information content (AvgIpc) is 3.24.